The molecule has 0 aliphatic carbocycles. The van der Waals surface area contributed by atoms with Gasteiger partial charge in [0.1, 0.15) is 16.6 Å². The van der Waals surface area contributed by atoms with Crippen LogP contribution in [-0.2, 0) is 4.79 Å². The minimum Gasteiger partial charge on any atom is -0.484 e. The molecule has 3 heterocycles. The zero-order valence-electron chi connectivity index (χ0n) is 17.3. The van der Waals surface area contributed by atoms with E-state index in [1.165, 1.54) is 21.9 Å². The van der Waals surface area contributed by atoms with E-state index >= 15 is 0 Å². The third-order valence-corrected chi connectivity index (χ3v) is 6.27. The van der Waals surface area contributed by atoms with Crippen molar-refractivity contribution in [2.75, 3.05) is 37.7 Å². The van der Waals surface area contributed by atoms with Gasteiger partial charge in [0.2, 0.25) is 4.96 Å². The van der Waals surface area contributed by atoms with E-state index < -0.39 is 0 Å². The zero-order chi connectivity index (χ0) is 21.9. The van der Waals surface area contributed by atoms with Crippen LogP contribution in [0.15, 0.2) is 71.5 Å². The van der Waals surface area contributed by atoms with Crippen LogP contribution >= 0.6 is 11.3 Å². The Morgan fingerprint density at radius 2 is 1.66 bits per heavy atom. The van der Waals surface area contributed by atoms with Crippen LogP contribution in [0.3, 0.4) is 0 Å². The Kier molecular flexibility index (Phi) is 5.55. The van der Waals surface area contributed by atoms with Crippen LogP contribution in [0, 0.1) is 0 Å². The summed E-state index contributed by atoms with van der Waals surface area (Å²) in [5.41, 5.74) is 0.743. The summed E-state index contributed by atoms with van der Waals surface area (Å²) in [5, 5.41) is 5.18. The average Bonchev–Trinajstić information content (AvgIpc) is 3.29. The maximum atomic E-state index is 12.6. The molecular formula is C23H21N5O3S. The zero-order valence-corrected chi connectivity index (χ0v) is 18.1. The van der Waals surface area contributed by atoms with E-state index in [1.54, 1.807) is 4.90 Å². The SMILES string of the molecule is O=C(COc1ccccc1)N1CCN(c2cc(=O)n3nc(-c4ccccc4)sc3n2)CC1. The van der Waals surface area contributed by atoms with E-state index in [1.807, 2.05) is 65.6 Å². The molecule has 0 unspecified atom stereocenters. The fraction of sp³-hybridized carbons (Fsp3) is 0.217. The van der Waals surface area contributed by atoms with Gasteiger partial charge in [0, 0.05) is 37.8 Å². The number of amides is 1. The van der Waals surface area contributed by atoms with Crippen LogP contribution in [0.5, 0.6) is 5.75 Å². The monoisotopic (exact) mass is 447 g/mol. The van der Waals surface area contributed by atoms with Gasteiger partial charge in [0.15, 0.2) is 6.61 Å². The molecule has 5 rings (SSSR count). The molecule has 0 spiro atoms. The molecule has 32 heavy (non-hydrogen) atoms. The topological polar surface area (TPSA) is 80.0 Å². The Labute approximate surface area is 188 Å². The Morgan fingerprint density at radius 1 is 0.969 bits per heavy atom. The van der Waals surface area contributed by atoms with Gasteiger partial charge in [0.25, 0.3) is 11.5 Å². The number of para-hydroxylation sites is 1. The van der Waals surface area contributed by atoms with Gasteiger partial charge in [-0.15, -0.1) is 0 Å². The summed E-state index contributed by atoms with van der Waals surface area (Å²) in [5.74, 6) is 1.25. The molecule has 2 aromatic heterocycles. The third kappa shape index (κ3) is 4.19. The van der Waals surface area contributed by atoms with Gasteiger partial charge in [0.05, 0.1) is 0 Å². The predicted octanol–water partition coefficient (Wildman–Crippen LogP) is 2.55. The van der Waals surface area contributed by atoms with Crippen molar-refractivity contribution in [2.24, 2.45) is 0 Å². The second-order valence-corrected chi connectivity index (χ2v) is 8.35. The Balaban J connectivity index is 1.25. The second kappa shape index (κ2) is 8.80. The number of carbonyl (C=O) groups excluding carboxylic acids is 1. The highest BCUT2D eigenvalue weighted by atomic mass is 32.1. The Bertz CT molecular complexity index is 1280. The lowest BCUT2D eigenvalue weighted by Gasteiger charge is -2.35. The molecule has 0 bridgehead atoms. The molecule has 162 valence electrons. The van der Waals surface area contributed by atoms with Crippen LogP contribution in [0.25, 0.3) is 15.5 Å². The van der Waals surface area contributed by atoms with Crippen molar-refractivity contribution in [3.8, 4) is 16.3 Å². The van der Waals surface area contributed by atoms with Crippen molar-refractivity contribution in [1.29, 1.82) is 0 Å². The number of carbonyl (C=O) groups is 1. The van der Waals surface area contributed by atoms with E-state index in [2.05, 4.69) is 10.1 Å². The van der Waals surface area contributed by atoms with Crippen molar-refractivity contribution < 1.29 is 9.53 Å². The van der Waals surface area contributed by atoms with E-state index in [4.69, 9.17) is 4.74 Å². The van der Waals surface area contributed by atoms with Crippen LogP contribution in [-0.4, -0.2) is 58.2 Å². The van der Waals surface area contributed by atoms with Crippen molar-refractivity contribution in [3.63, 3.8) is 0 Å². The first-order valence-corrected chi connectivity index (χ1v) is 11.2. The molecule has 1 saturated heterocycles. The van der Waals surface area contributed by atoms with Crippen molar-refractivity contribution in [3.05, 3.63) is 77.1 Å². The predicted molar refractivity (Wildman–Crippen MR) is 123 cm³/mol. The van der Waals surface area contributed by atoms with Crippen LogP contribution in [0.4, 0.5) is 5.82 Å². The molecule has 1 aliphatic rings. The normalized spacial score (nSPS) is 14.0. The third-order valence-electron chi connectivity index (χ3n) is 5.31. The van der Waals surface area contributed by atoms with Gasteiger partial charge in [-0.25, -0.2) is 4.98 Å². The minimum atomic E-state index is -0.210. The first-order chi connectivity index (χ1) is 15.7. The highest BCUT2D eigenvalue weighted by molar-refractivity contribution is 7.19. The Hall–Kier alpha value is -3.72. The minimum absolute atomic E-state index is 0.0126. The molecule has 2 aromatic carbocycles. The fourth-order valence-corrected chi connectivity index (χ4v) is 4.50. The van der Waals surface area contributed by atoms with Gasteiger partial charge >= 0.3 is 0 Å². The molecule has 1 amide bonds. The molecule has 8 nitrogen and oxygen atoms in total. The van der Waals surface area contributed by atoms with Gasteiger partial charge < -0.3 is 14.5 Å². The summed E-state index contributed by atoms with van der Waals surface area (Å²) >= 11 is 1.39. The van der Waals surface area contributed by atoms with E-state index in [0.717, 1.165) is 10.6 Å². The molecule has 0 saturated carbocycles. The number of rotatable bonds is 5. The smallest absolute Gasteiger partial charge is 0.277 e. The molecule has 4 aromatic rings. The summed E-state index contributed by atoms with van der Waals surface area (Å²) in [6, 6.07) is 20.6. The van der Waals surface area contributed by atoms with Gasteiger partial charge in [-0.1, -0.05) is 59.9 Å². The molecule has 0 atom stereocenters. The summed E-state index contributed by atoms with van der Waals surface area (Å²) in [4.78, 5) is 34.2. The molecule has 1 fully saturated rings. The van der Waals surface area contributed by atoms with Gasteiger partial charge in [-0.3, -0.25) is 9.59 Å². The van der Waals surface area contributed by atoms with Gasteiger partial charge in [-0.2, -0.15) is 9.61 Å². The number of ether oxygens (including phenoxy) is 1. The fourth-order valence-electron chi connectivity index (χ4n) is 3.60. The lowest BCUT2D eigenvalue weighted by Crippen LogP contribution is -2.50. The highest BCUT2D eigenvalue weighted by Crippen LogP contribution is 2.25. The molecule has 1 aliphatic heterocycles. The van der Waals surface area contributed by atoms with E-state index in [0.29, 0.717) is 42.7 Å². The summed E-state index contributed by atoms with van der Waals surface area (Å²) in [6.45, 7) is 2.32. The highest BCUT2D eigenvalue weighted by Gasteiger charge is 2.23. The maximum Gasteiger partial charge on any atom is 0.277 e. The number of piperazine rings is 1. The molecule has 0 N–H and O–H groups in total. The van der Waals surface area contributed by atoms with E-state index in [-0.39, 0.29) is 18.1 Å². The lowest BCUT2D eigenvalue weighted by molar-refractivity contribution is -0.133. The van der Waals surface area contributed by atoms with Crippen molar-refractivity contribution in [2.45, 2.75) is 0 Å². The number of fused-ring (bicyclic) bond motifs is 1. The van der Waals surface area contributed by atoms with Gasteiger partial charge in [-0.05, 0) is 12.1 Å². The standard InChI is InChI=1S/C23H21N5O3S/c29-20-15-19(24-23-28(20)25-22(32-23)17-7-3-1-4-8-17)26-11-13-27(14-12-26)21(30)16-31-18-9-5-2-6-10-18/h1-10,15H,11-14,16H2. The summed E-state index contributed by atoms with van der Waals surface area (Å²) < 4.78 is 6.91. The molecule has 9 heteroatoms. The van der Waals surface area contributed by atoms with Crippen LogP contribution < -0.4 is 15.2 Å². The number of aromatic nitrogens is 3. The number of benzene rings is 2. The summed E-state index contributed by atoms with van der Waals surface area (Å²) in [6.07, 6.45) is 0. The number of anilines is 1. The first-order valence-electron chi connectivity index (χ1n) is 10.3. The maximum absolute atomic E-state index is 12.6. The first kappa shape index (κ1) is 20.2. The molecular weight excluding hydrogens is 426 g/mol. The quantitative estimate of drug-likeness (QED) is 0.468. The second-order valence-electron chi connectivity index (χ2n) is 7.39. The average molecular weight is 448 g/mol. The van der Waals surface area contributed by atoms with Crippen molar-refractivity contribution in [1.82, 2.24) is 19.5 Å². The summed E-state index contributed by atoms with van der Waals surface area (Å²) in [7, 11) is 0. The Morgan fingerprint density at radius 3 is 2.38 bits per heavy atom. The van der Waals surface area contributed by atoms with E-state index in [9.17, 15) is 9.59 Å². The van der Waals surface area contributed by atoms with Crippen LogP contribution in [0.2, 0.25) is 0 Å². The number of nitrogens with zero attached hydrogens (tertiary/aromatic N) is 5. The molecule has 0 radical (unpaired) electrons. The largest absolute Gasteiger partial charge is 0.484 e. The number of hydrogen-bond donors (Lipinski definition) is 0. The number of hydrogen-bond acceptors (Lipinski definition) is 7. The van der Waals surface area contributed by atoms with Crippen molar-refractivity contribution >= 4 is 28.0 Å². The lowest BCUT2D eigenvalue weighted by atomic mass is 10.2. The van der Waals surface area contributed by atoms with Crippen LogP contribution in [0.1, 0.15) is 0 Å².